The summed E-state index contributed by atoms with van der Waals surface area (Å²) in [5, 5.41) is 5.02. The first-order valence-electron chi connectivity index (χ1n) is 15.2. The molecule has 1 atom stereocenters. The van der Waals surface area contributed by atoms with Crippen molar-refractivity contribution in [1.29, 1.82) is 0 Å². The van der Waals surface area contributed by atoms with Crippen molar-refractivity contribution in [3.63, 3.8) is 0 Å². The van der Waals surface area contributed by atoms with Crippen molar-refractivity contribution < 1.29 is 13.8 Å². The predicted octanol–water partition coefficient (Wildman–Crippen LogP) is 5.11. The number of nitrogens with one attached hydrogen (secondary N) is 2. The maximum absolute atomic E-state index is 13.8. The Morgan fingerprint density at radius 2 is 1.53 bits per heavy atom. The van der Waals surface area contributed by atoms with Crippen LogP contribution in [0.5, 0.6) is 0 Å². The summed E-state index contributed by atoms with van der Waals surface area (Å²) < 4.78 is 13.7. The van der Waals surface area contributed by atoms with Crippen LogP contribution in [0.3, 0.4) is 0 Å². The third kappa shape index (κ3) is 7.52. The smallest absolute Gasteiger partial charge is 0.273 e. The normalized spacial score (nSPS) is 17.0. The van der Waals surface area contributed by atoms with Crippen LogP contribution in [0.1, 0.15) is 38.3 Å². The van der Waals surface area contributed by atoms with Crippen LogP contribution in [-0.2, 0) is 23.9 Å². The summed E-state index contributed by atoms with van der Waals surface area (Å²) in [6.07, 6.45) is 0.834. The van der Waals surface area contributed by atoms with Gasteiger partial charge in [-0.05, 0) is 66.6 Å². The number of carbonyl (C=O) groups is 2. The van der Waals surface area contributed by atoms with Crippen LogP contribution in [0.15, 0.2) is 107 Å². The van der Waals surface area contributed by atoms with E-state index in [0.29, 0.717) is 44.7 Å². The average molecular weight is 642 g/mol. The molecule has 6 rings (SSSR count). The van der Waals surface area contributed by atoms with E-state index in [1.807, 2.05) is 24.3 Å². The Morgan fingerprint density at radius 1 is 0.800 bits per heavy atom. The number of hydrazine groups is 1. The van der Waals surface area contributed by atoms with Crippen LogP contribution in [0, 0.1) is 0 Å². The highest BCUT2D eigenvalue weighted by Gasteiger charge is 2.31. The molecule has 2 amide bonds. The number of fused-ring (bicyclic) bond motifs is 2. The second-order valence-electron chi connectivity index (χ2n) is 11.3. The minimum atomic E-state index is -1.61. The molecule has 4 aromatic carbocycles. The van der Waals surface area contributed by atoms with Crippen LogP contribution in [0.2, 0.25) is 5.02 Å². The number of amides is 2. The van der Waals surface area contributed by atoms with Gasteiger partial charge in [-0.3, -0.25) is 14.5 Å². The lowest BCUT2D eigenvalue weighted by Gasteiger charge is -2.34. The van der Waals surface area contributed by atoms with E-state index in [9.17, 15) is 13.8 Å². The third-order valence-electron chi connectivity index (χ3n) is 8.16. The lowest BCUT2D eigenvalue weighted by Crippen LogP contribution is -2.46. The van der Waals surface area contributed by atoms with E-state index < -0.39 is 10.8 Å². The average Bonchev–Trinajstić information content (AvgIpc) is 3.15. The van der Waals surface area contributed by atoms with Gasteiger partial charge in [-0.2, -0.15) is 0 Å². The molecule has 0 radical (unpaired) electrons. The van der Waals surface area contributed by atoms with Gasteiger partial charge in [0.2, 0.25) is 0 Å². The summed E-state index contributed by atoms with van der Waals surface area (Å²) in [5.41, 5.74) is 6.54. The fourth-order valence-electron chi connectivity index (χ4n) is 5.74. The standard InChI is InChI=1S/C35H36ClN5O3S/c36-29-11-6-10-27(22-29)24-38-41-31-23-28(14-15-33(31)45(44)32-13-5-4-12-30(32)35(41)43)34(42)37-16-7-17-39-18-20-40(21-19-39)25-26-8-2-1-3-9-26/h1-6,8-15,22-23,38H,7,16-21,24-25H2,(H,37,42). The van der Waals surface area contributed by atoms with Crippen molar-refractivity contribution in [2.75, 3.05) is 44.3 Å². The zero-order valence-electron chi connectivity index (χ0n) is 25.0. The van der Waals surface area contributed by atoms with E-state index in [1.54, 1.807) is 48.5 Å². The van der Waals surface area contributed by atoms with Crippen LogP contribution in [0.4, 0.5) is 5.69 Å². The molecule has 10 heteroatoms. The number of anilines is 1. The van der Waals surface area contributed by atoms with Crippen molar-refractivity contribution in [1.82, 2.24) is 20.5 Å². The molecule has 0 bridgehead atoms. The second-order valence-corrected chi connectivity index (χ2v) is 13.1. The predicted molar refractivity (Wildman–Crippen MR) is 178 cm³/mol. The molecule has 232 valence electrons. The summed E-state index contributed by atoms with van der Waals surface area (Å²) >= 11 is 6.18. The van der Waals surface area contributed by atoms with Gasteiger partial charge in [0.05, 0.1) is 31.8 Å². The molecule has 1 unspecified atom stereocenters. The number of hydrogen-bond acceptors (Lipinski definition) is 6. The first-order valence-corrected chi connectivity index (χ1v) is 16.7. The fourth-order valence-corrected chi connectivity index (χ4v) is 7.28. The highest BCUT2D eigenvalue weighted by molar-refractivity contribution is 7.85. The monoisotopic (exact) mass is 641 g/mol. The Bertz CT molecular complexity index is 1690. The molecule has 2 N–H and O–H groups in total. The van der Waals surface area contributed by atoms with E-state index in [0.717, 1.165) is 51.3 Å². The number of piperazine rings is 1. The lowest BCUT2D eigenvalue weighted by atomic mass is 10.1. The summed E-state index contributed by atoms with van der Waals surface area (Å²) in [6.45, 7) is 6.81. The SMILES string of the molecule is O=C(NCCCN1CCN(Cc2ccccc2)CC1)c1ccc2c(c1)N(NCc1cccc(Cl)c1)C(=O)c1ccccc1S2=O. The van der Waals surface area contributed by atoms with Crippen LogP contribution in [-0.4, -0.2) is 65.1 Å². The molecule has 0 aliphatic carbocycles. The maximum Gasteiger partial charge on any atom is 0.273 e. The summed E-state index contributed by atoms with van der Waals surface area (Å²) in [4.78, 5) is 32.8. The second kappa shape index (κ2) is 14.5. The Kier molecular flexibility index (Phi) is 10.0. The topological polar surface area (TPSA) is 85.0 Å². The fraction of sp³-hybridized carbons (Fsp3) is 0.257. The highest BCUT2D eigenvalue weighted by atomic mass is 35.5. The van der Waals surface area contributed by atoms with Crippen molar-refractivity contribution in [3.05, 3.63) is 124 Å². The first-order chi connectivity index (χ1) is 22.0. The van der Waals surface area contributed by atoms with Crippen LogP contribution < -0.4 is 15.8 Å². The number of halogens is 1. The Labute approximate surface area is 271 Å². The summed E-state index contributed by atoms with van der Waals surface area (Å²) in [7, 11) is -1.61. The largest absolute Gasteiger partial charge is 0.352 e. The summed E-state index contributed by atoms with van der Waals surface area (Å²) in [6, 6.07) is 29.8. The number of carbonyl (C=O) groups excluding carboxylic acids is 2. The molecule has 4 aromatic rings. The molecule has 2 aliphatic rings. The number of hydrogen-bond donors (Lipinski definition) is 2. The van der Waals surface area contributed by atoms with Gasteiger partial charge in [-0.25, -0.2) is 14.6 Å². The van der Waals surface area contributed by atoms with Gasteiger partial charge >= 0.3 is 0 Å². The van der Waals surface area contributed by atoms with Gasteiger partial charge in [-0.1, -0.05) is 66.2 Å². The van der Waals surface area contributed by atoms with Crippen molar-refractivity contribution in [2.45, 2.75) is 29.3 Å². The van der Waals surface area contributed by atoms with Gasteiger partial charge in [0.15, 0.2) is 0 Å². The highest BCUT2D eigenvalue weighted by Crippen LogP contribution is 2.34. The molecule has 1 fully saturated rings. The van der Waals surface area contributed by atoms with E-state index in [1.165, 1.54) is 10.6 Å². The lowest BCUT2D eigenvalue weighted by molar-refractivity contribution is 0.0942. The Hall–Kier alpha value is -3.86. The Balaban J connectivity index is 1.09. The van der Waals surface area contributed by atoms with Gasteiger partial charge < -0.3 is 10.2 Å². The molecular formula is C35H36ClN5O3S. The number of nitrogens with zero attached hydrogens (tertiary/aromatic N) is 3. The van der Waals surface area contributed by atoms with Crippen LogP contribution in [0.25, 0.3) is 0 Å². The van der Waals surface area contributed by atoms with Crippen molar-refractivity contribution in [2.24, 2.45) is 0 Å². The van der Waals surface area contributed by atoms with Gasteiger partial charge in [0, 0.05) is 56.4 Å². The van der Waals surface area contributed by atoms with E-state index in [4.69, 9.17) is 11.6 Å². The molecule has 2 aliphatic heterocycles. The third-order valence-corrected chi connectivity index (χ3v) is 9.90. The van der Waals surface area contributed by atoms with E-state index in [2.05, 4.69) is 44.8 Å². The minimum absolute atomic E-state index is 0.236. The zero-order valence-corrected chi connectivity index (χ0v) is 26.5. The van der Waals surface area contributed by atoms with Crippen LogP contribution >= 0.6 is 11.6 Å². The van der Waals surface area contributed by atoms with Crippen molar-refractivity contribution >= 4 is 39.9 Å². The molecule has 45 heavy (non-hydrogen) atoms. The molecule has 2 heterocycles. The quantitative estimate of drug-likeness (QED) is 0.234. The molecular weight excluding hydrogens is 606 g/mol. The molecule has 0 aromatic heterocycles. The maximum atomic E-state index is 13.8. The summed E-state index contributed by atoms with van der Waals surface area (Å²) in [5.74, 6) is -0.582. The van der Waals surface area contributed by atoms with Gasteiger partial charge in [0.25, 0.3) is 11.8 Å². The van der Waals surface area contributed by atoms with Gasteiger partial charge in [-0.15, -0.1) is 0 Å². The molecule has 1 saturated heterocycles. The van der Waals surface area contributed by atoms with Gasteiger partial charge in [0.1, 0.15) is 0 Å². The molecule has 0 saturated carbocycles. The molecule has 8 nitrogen and oxygen atoms in total. The Morgan fingerprint density at radius 3 is 2.33 bits per heavy atom. The molecule has 0 spiro atoms. The number of rotatable bonds is 10. The van der Waals surface area contributed by atoms with Crippen molar-refractivity contribution in [3.8, 4) is 0 Å². The first kappa shape index (κ1) is 31.1. The van der Waals surface area contributed by atoms with E-state index in [-0.39, 0.29) is 11.8 Å². The zero-order chi connectivity index (χ0) is 31.2. The number of benzene rings is 4. The van der Waals surface area contributed by atoms with E-state index >= 15 is 0 Å². The minimum Gasteiger partial charge on any atom is -0.352 e.